The molecular weight excluding hydrogens is 354 g/mol. The maximum atomic E-state index is 13.0. The molecule has 1 atom stereocenters. The minimum atomic E-state index is 0.0157. The summed E-state index contributed by atoms with van der Waals surface area (Å²) >= 11 is 0. The van der Waals surface area contributed by atoms with Crippen LogP contribution in [0.4, 0.5) is 0 Å². The topological polar surface area (TPSA) is 29.1 Å². The van der Waals surface area contributed by atoms with Gasteiger partial charge in [0.15, 0.2) is 0 Å². The second kappa shape index (κ2) is 9.09. The molecule has 2 heteroatoms. The Balaban J connectivity index is 1.48. The highest BCUT2D eigenvalue weighted by atomic mass is 16.1. The lowest BCUT2D eigenvalue weighted by Gasteiger charge is -2.22. The van der Waals surface area contributed by atoms with Crippen LogP contribution in [0.2, 0.25) is 0 Å². The van der Waals surface area contributed by atoms with Crippen molar-refractivity contribution in [1.29, 1.82) is 0 Å². The first-order valence-corrected chi connectivity index (χ1v) is 10.7. The van der Waals surface area contributed by atoms with Crippen LogP contribution in [0, 0.1) is 0 Å². The van der Waals surface area contributed by atoms with Crippen LogP contribution in [-0.4, -0.2) is 5.91 Å². The fourth-order valence-corrected chi connectivity index (χ4v) is 4.39. The first kappa shape index (κ1) is 19.4. The van der Waals surface area contributed by atoms with E-state index in [1.807, 2.05) is 36.4 Å². The maximum Gasteiger partial charge on any atom is 0.221 e. The Kier molecular flexibility index (Phi) is 6.09. The van der Waals surface area contributed by atoms with Gasteiger partial charge in [-0.1, -0.05) is 78.9 Å². The van der Waals surface area contributed by atoms with Crippen molar-refractivity contribution in [2.45, 2.75) is 51.0 Å². The Morgan fingerprint density at radius 1 is 0.793 bits per heavy atom. The van der Waals surface area contributed by atoms with Gasteiger partial charge in [0.05, 0.1) is 6.04 Å². The van der Waals surface area contributed by atoms with Crippen molar-refractivity contribution < 1.29 is 4.79 Å². The Labute approximate surface area is 174 Å². The average molecular weight is 384 g/mol. The number of carbonyl (C=O) groups is 1. The molecule has 3 aromatic rings. The third-order valence-corrected chi connectivity index (χ3v) is 6.04. The summed E-state index contributed by atoms with van der Waals surface area (Å²) in [4.78, 5) is 13.0. The maximum absolute atomic E-state index is 13.0. The standard InChI is InChI=1S/C27H29NO/c1-20(24-17-16-21-10-8-9-15-25(21)18-24)28-27(29)19-26(22-11-4-2-5-12-22)23-13-6-3-7-14-23/h2-7,11-14,16-18,20,26H,8-10,15,19H2,1H3,(H,28,29)/t20-/m1/s1. The van der Waals surface area contributed by atoms with E-state index in [0.717, 1.165) is 6.42 Å². The molecule has 4 rings (SSSR count). The second-order valence-corrected chi connectivity index (χ2v) is 8.10. The van der Waals surface area contributed by atoms with E-state index >= 15 is 0 Å². The number of fused-ring (bicyclic) bond motifs is 1. The Morgan fingerprint density at radius 3 is 2.00 bits per heavy atom. The number of carbonyl (C=O) groups excluding carboxylic acids is 1. The van der Waals surface area contributed by atoms with Crippen molar-refractivity contribution in [3.63, 3.8) is 0 Å². The molecule has 1 amide bonds. The molecule has 0 unspecified atom stereocenters. The van der Waals surface area contributed by atoms with E-state index in [9.17, 15) is 4.79 Å². The molecule has 148 valence electrons. The number of benzene rings is 3. The van der Waals surface area contributed by atoms with Gasteiger partial charge in [-0.2, -0.15) is 0 Å². The van der Waals surface area contributed by atoms with E-state index in [4.69, 9.17) is 0 Å². The van der Waals surface area contributed by atoms with Crippen molar-refractivity contribution in [2.75, 3.05) is 0 Å². The predicted octanol–water partition coefficient (Wildman–Crippen LogP) is 5.96. The average Bonchev–Trinajstić information content (AvgIpc) is 2.78. The third-order valence-electron chi connectivity index (χ3n) is 6.04. The normalized spacial score (nSPS) is 14.3. The van der Waals surface area contributed by atoms with Gasteiger partial charge in [-0.15, -0.1) is 0 Å². The van der Waals surface area contributed by atoms with Gasteiger partial charge >= 0.3 is 0 Å². The molecule has 1 N–H and O–H groups in total. The summed E-state index contributed by atoms with van der Waals surface area (Å²) in [5.74, 6) is 0.154. The molecule has 0 aromatic heterocycles. The van der Waals surface area contributed by atoms with Crippen molar-refractivity contribution in [2.24, 2.45) is 0 Å². The van der Waals surface area contributed by atoms with E-state index in [2.05, 4.69) is 54.7 Å². The molecule has 0 bridgehead atoms. The highest BCUT2D eigenvalue weighted by Crippen LogP contribution is 2.29. The zero-order valence-electron chi connectivity index (χ0n) is 17.1. The van der Waals surface area contributed by atoms with Crippen molar-refractivity contribution in [3.05, 3.63) is 107 Å². The predicted molar refractivity (Wildman–Crippen MR) is 119 cm³/mol. The summed E-state index contributed by atoms with van der Waals surface area (Å²) < 4.78 is 0. The highest BCUT2D eigenvalue weighted by Gasteiger charge is 2.20. The monoisotopic (exact) mass is 383 g/mol. The zero-order chi connectivity index (χ0) is 20.1. The lowest BCUT2D eigenvalue weighted by atomic mass is 9.88. The Hall–Kier alpha value is -2.87. The smallest absolute Gasteiger partial charge is 0.221 e. The molecular formula is C27H29NO. The van der Waals surface area contributed by atoms with E-state index in [0.29, 0.717) is 6.42 Å². The number of hydrogen-bond acceptors (Lipinski definition) is 1. The van der Waals surface area contributed by atoms with Crippen molar-refractivity contribution >= 4 is 5.91 Å². The molecule has 29 heavy (non-hydrogen) atoms. The molecule has 0 spiro atoms. The molecule has 1 aliphatic rings. The number of nitrogens with one attached hydrogen (secondary N) is 1. The van der Waals surface area contributed by atoms with Gasteiger partial charge < -0.3 is 5.32 Å². The van der Waals surface area contributed by atoms with Crippen molar-refractivity contribution in [1.82, 2.24) is 5.32 Å². The number of aryl methyl sites for hydroxylation is 2. The molecule has 3 aromatic carbocycles. The van der Waals surface area contributed by atoms with Crippen LogP contribution in [0.15, 0.2) is 78.9 Å². The number of rotatable bonds is 6. The molecule has 2 nitrogen and oxygen atoms in total. The van der Waals surface area contributed by atoms with Crippen LogP contribution in [0.25, 0.3) is 0 Å². The van der Waals surface area contributed by atoms with Crippen LogP contribution in [-0.2, 0) is 17.6 Å². The van der Waals surface area contributed by atoms with Gasteiger partial charge in [-0.3, -0.25) is 4.79 Å². The molecule has 0 aliphatic heterocycles. The van der Waals surface area contributed by atoms with Crippen LogP contribution in [0.5, 0.6) is 0 Å². The first-order valence-electron chi connectivity index (χ1n) is 10.7. The fourth-order valence-electron chi connectivity index (χ4n) is 4.39. The third kappa shape index (κ3) is 4.76. The van der Waals surface area contributed by atoms with Gasteiger partial charge in [0.2, 0.25) is 5.91 Å². The summed E-state index contributed by atoms with van der Waals surface area (Å²) in [6.45, 7) is 2.09. The minimum Gasteiger partial charge on any atom is -0.350 e. The number of hydrogen-bond donors (Lipinski definition) is 1. The van der Waals surface area contributed by atoms with E-state index in [-0.39, 0.29) is 17.9 Å². The van der Waals surface area contributed by atoms with E-state index < -0.39 is 0 Å². The van der Waals surface area contributed by atoms with E-state index in [1.165, 1.54) is 47.1 Å². The fraction of sp³-hybridized carbons (Fsp3) is 0.296. The zero-order valence-corrected chi connectivity index (χ0v) is 17.1. The molecule has 0 saturated heterocycles. The van der Waals surface area contributed by atoms with Gasteiger partial charge in [-0.05, 0) is 60.4 Å². The minimum absolute atomic E-state index is 0.0157. The summed E-state index contributed by atoms with van der Waals surface area (Å²) in [5.41, 5.74) is 6.49. The summed E-state index contributed by atoms with van der Waals surface area (Å²) in [6.07, 6.45) is 5.36. The molecule has 1 aliphatic carbocycles. The molecule has 0 heterocycles. The summed E-state index contributed by atoms with van der Waals surface area (Å²) in [7, 11) is 0. The second-order valence-electron chi connectivity index (χ2n) is 8.10. The summed E-state index contributed by atoms with van der Waals surface area (Å²) in [6, 6.07) is 27.4. The van der Waals surface area contributed by atoms with Crippen LogP contribution in [0.1, 0.15) is 66.0 Å². The highest BCUT2D eigenvalue weighted by molar-refractivity contribution is 5.78. The first-order chi connectivity index (χ1) is 14.2. The quantitative estimate of drug-likeness (QED) is 0.559. The van der Waals surface area contributed by atoms with Gasteiger partial charge in [0.25, 0.3) is 0 Å². The van der Waals surface area contributed by atoms with E-state index in [1.54, 1.807) is 0 Å². The van der Waals surface area contributed by atoms with Gasteiger partial charge in [0, 0.05) is 12.3 Å². The largest absolute Gasteiger partial charge is 0.350 e. The molecule has 0 fully saturated rings. The van der Waals surface area contributed by atoms with Gasteiger partial charge in [0.1, 0.15) is 0 Å². The van der Waals surface area contributed by atoms with Crippen LogP contribution < -0.4 is 5.32 Å². The van der Waals surface area contributed by atoms with Gasteiger partial charge in [-0.25, -0.2) is 0 Å². The SMILES string of the molecule is C[C@@H](NC(=O)CC(c1ccccc1)c1ccccc1)c1ccc2c(c1)CCCC2. The lowest BCUT2D eigenvalue weighted by Crippen LogP contribution is -2.28. The molecule has 0 saturated carbocycles. The van der Waals surface area contributed by atoms with Crippen LogP contribution in [0.3, 0.4) is 0 Å². The lowest BCUT2D eigenvalue weighted by molar-refractivity contribution is -0.121. The summed E-state index contributed by atoms with van der Waals surface area (Å²) in [5, 5.41) is 3.23. The Bertz CT molecular complexity index is 909. The van der Waals surface area contributed by atoms with Crippen LogP contribution >= 0.6 is 0 Å². The van der Waals surface area contributed by atoms with Crippen molar-refractivity contribution in [3.8, 4) is 0 Å². The molecule has 0 radical (unpaired) electrons. The number of amides is 1. The Morgan fingerprint density at radius 2 is 1.38 bits per heavy atom.